The van der Waals surface area contributed by atoms with Gasteiger partial charge in [0, 0.05) is 18.5 Å². The van der Waals surface area contributed by atoms with Crippen molar-refractivity contribution in [3.63, 3.8) is 0 Å². The Hall–Kier alpha value is -1.75. The zero-order chi connectivity index (χ0) is 14.1. The lowest BCUT2D eigenvalue weighted by molar-refractivity contribution is -0.142. The van der Waals surface area contributed by atoms with E-state index in [9.17, 15) is 9.90 Å². The van der Waals surface area contributed by atoms with Crippen LogP contribution in [0, 0.1) is 5.92 Å². The number of fused-ring (bicyclic) bond motifs is 1. The van der Waals surface area contributed by atoms with E-state index in [1.807, 2.05) is 18.2 Å². The smallest absolute Gasteiger partial charge is 0.308 e. The van der Waals surface area contributed by atoms with Gasteiger partial charge in [0.1, 0.15) is 0 Å². The number of rotatable bonds is 4. The molecule has 0 spiro atoms. The minimum absolute atomic E-state index is 0.0152. The van der Waals surface area contributed by atoms with E-state index >= 15 is 0 Å². The van der Waals surface area contributed by atoms with E-state index in [0.29, 0.717) is 12.3 Å². The minimum atomic E-state index is -0.726. The molecule has 1 aromatic rings. The first-order chi connectivity index (χ1) is 9.70. The molecule has 0 bridgehead atoms. The second-order valence-electron chi connectivity index (χ2n) is 5.39. The van der Waals surface area contributed by atoms with Gasteiger partial charge in [0.15, 0.2) is 11.5 Å². The van der Waals surface area contributed by atoms with E-state index in [0.717, 1.165) is 24.2 Å². The van der Waals surface area contributed by atoms with Crippen LogP contribution < -0.4 is 14.8 Å². The molecule has 108 valence electrons. The summed E-state index contributed by atoms with van der Waals surface area (Å²) in [6.07, 6.45) is 1.87. The Morgan fingerprint density at radius 3 is 2.95 bits per heavy atom. The molecule has 20 heavy (non-hydrogen) atoms. The molecule has 2 heterocycles. The Balaban J connectivity index is 1.87. The van der Waals surface area contributed by atoms with Crippen molar-refractivity contribution in [1.82, 2.24) is 5.32 Å². The SMILES string of the molecule is CCC[C@H]1NC[C@H](c2ccc3c(c2)OCO3)[C@@H]1C(=O)O. The molecule has 2 N–H and O–H groups in total. The zero-order valence-corrected chi connectivity index (χ0v) is 11.5. The summed E-state index contributed by atoms with van der Waals surface area (Å²) in [5.74, 6) is 0.326. The van der Waals surface area contributed by atoms with Crippen molar-refractivity contribution in [2.75, 3.05) is 13.3 Å². The molecule has 0 saturated carbocycles. The second-order valence-corrected chi connectivity index (χ2v) is 5.39. The summed E-state index contributed by atoms with van der Waals surface area (Å²) in [4.78, 5) is 11.6. The van der Waals surface area contributed by atoms with Crippen LogP contribution in [0.5, 0.6) is 11.5 Å². The van der Waals surface area contributed by atoms with Crippen LogP contribution in [-0.4, -0.2) is 30.5 Å². The number of carboxylic acid groups (broad SMARTS) is 1. The summed E-state index contributed by atoms with van der Waals surface area (Å²) in [6, 6.07) is 5.78. The Kier molecular flexibility index (Phi) is 3.53. The summed E-state index contributed by atoms with van der Waals surface area (Å²) in [5, 5.41) is 12.9. The molecule has 2 aliphatic heterocycles. The average Bonchev–Trinajstić information content (AvgIpc) is 3.03. The van der Waals surface area contributed by atoms with Gasteiger partial charge in [-0.15, -0.1) is 0 Å². The van der Waals surface area contributed by atoms with Crippen molar-refractivity contribution in [1.29, 1.82) is 0 Å². The van der Waals surface area contributed by atoms with Gasteiger partial charge in [-0.2, -0.15) is 0 Å². The first-order valence-corrected chi connectivity index (χ1v) is 7.06. The number of aliphatic carboxylic acids is 1. The van der Waals surface area contributed by atoms with E-state index in [-0.39, 0.29) is 24.7 Å². The number of nitrogens with one attached hydrogen (secondary N) is 1. The van der Waals surface area contributed by atoms with Crippen LogP contribution in [0.15, 0.2) is 18.2 Å². The molecule has 0 radical (unpaired) electrons. The molecule has 5 heteroatoms. The van der Waals surface area contributed by atoms with Gasteiger partial charge in [-0.25, -0.2) is 0 Å². The van der Waals surface area contributed by atoms with Gasteiger partial charge >= 0.3 is 5.97 Å². The fraction of sp³-hybridized carbons (Fsp3) is 0.533. The molecule has 3 atom stereocenters. The number of hydrogen-bond acceptors (Lipinski definition) is 4. The number of ether oxygens (including phenoxy) is 2. The Morgan fingerprint density at radius 1 is 1.40 bits per heavy atom. The van der Waals surface area contributed by atoms with Gasteiger partial charge in [0.2, 0.25) is 6.79 Å². The lowest BCUT2D eigenvalue weighted by Gasteiger charge is -2.20. The van der Waals surface area contributed by atoms with Gasteiger partial charge in [-0.05, 0) is 24.1 Å². The van der Waals surface area contributed by atoms with Crippen LogP contribution >= 0.6 is 0 Å². The van der Waals surface area contributed by atoms with E-state index < -0.39 is 5.97 Å². The summed E-state index contributed by atoms with van der Waals surface area (Å²) in [5.41, 5.74) is 1.01. The van der Waals surface area contributed by atoms with Crippen molar-refractivity contribution < 1.29 is 19.4 Å². The zero-order valence-electron chi connectivity index (χ0n) is 11.5. The topological polar surface area (TPSA) is 67.8 Å². The largest absolute Gasteiger partial charge is 0.481 e. The third kappa shape index (κ3) is 2.22. The summed E-state index contributed by atoms with van der Waals surface area (Å²) < 4.78 is 10.7. The van der Waals surface area contributed by atoms with Crippen LogP contribution in [0.25, 0.3) is 0 Å². The van der Waals surface area contributed by atoms with Crippen LogP contribution in [0.3, 0.4) is 0 Å². The lowest BCUT2D eigenvalue weighted by atomic mass is 9.84. The fourth-order valence-electron chi connectivity index (χ4n) is 3.22. The Labute approximate surface area is 117 Å². The predicted molar refractivity (Wildman–Crippen MR) is 73.1 cm³/mol. The third-order valence-corrected chi connectivity index (χ3v) is 4.18. The highest BCUT2D eigenvalue weighted by molar-refractivity contribution is 5.73. The Bertz CT molecular complexity index is 517. The lowest BCUT2D eigenvalue weighted by Crippen LogP contribution is -2.32. The van der Waals surface area contributed by atoms with Gasteiger partial charge in [-0.1, -0.05) is 19.4 Å². The quantitative estimate of drug-likeness (QED) is 0.880. The van der Waals surface area contributed by atoms with E-state index in [1.54, 1.807) is 0 Å². The molecule has 1 aromatic carbocycles. The molecule has 3 rings (SSSR count). The van der Waals surface area contributed by atoms with E-state index in [4.69, 9.17) is 9.47 Å². The molecular formula is C15H19NO4. The normalized spacial score (nSPS) is 27.8. The monoisotopic (exact) mass is 277 g/mol. The highest BCUT2D eigenvalue weighted by Gasteiger charge is 2.41. The highest BCUT2D eigenvalue weighted by Crippen LogP contribution is 2.39. The summed E-state index contributed by atoms with van der Waals surface area (Å²) in [6.45, 7) is 3.01. The molecule has 0 aliphatic carbocycles. The van der Waals surface area contributed by atoms with Gasteiger partial charge < -0.3 is 19.9 Å². The van der Waals surface area contributed by atoms with Crippen molar-refractivity contribution in [2.45, 2.75) is 31.7 Å². The third-order valence-electron chi connectivity index (χ3n) is 4.18. The molecular weight excluding hydrogens is 258 g/mol. The summed E-state index contributed by atoms with van der Waals surface area (Å²) in [7, 11) is 0. The molecule has 1 fully saturated rings. The van der Waals surface area contributed by atoms with E-state index in [1.165, 1.54) is 0 Å². The predicted octanol–water partition coefficient (Wildman–Crippen LogP) is 1.97. The Morgan fingerprint density at radius 2 is 2.20 bits per heavy atom. The minimum Gasteiger partial charge on any atom is -0.481 e. The fourth-order valence-corrected chi connectivity index (χ4v) is 3.22. The molecule has 1 saturated heterocycles. The van der Waals surface area contributed by atoms with Crippen molar-refractivity contribution in [3.8, 4) is 11.5 Å². The molecule has 2 aliphatic rings. The molecule has 0 unspecified atom stereocenters. The van der Waals surface area contributed by atoms with Gasteiger partial charge in [-0.3, -0.25) is 4.79 Å². The molecule has 0 amide bonds. The molecule has 5 nitrogen and oxygen atoms in total. The van der Waals surface area contributed by atoms with Gasteiger partial charge in [0.05, 0.1) is 5.92 Å². The van der Waals surface area contributed by atoms with Crippen molar-refractivity contribution >= 4 is 5.97 Å². The number of carboxylic acids is 1. The van der Waals surface area contributed by atoms with Crippen molar-refractivity contribution in [2.24, 2.45) is 5.92 Å². The number of carbonyl (C=O) groups is 1. The highest BCUT2D eigenvalue weighted by atomic mass is 16.7. The first-order valence-electron chi connectivity index (χ1n) is 7.06. The summed E-state index contributed by atoms with van der Waals surface area (Å²) >= 11 is 0. The van der Waals surface area contributed by atoms with Gasteiger partial charge in [0.25, 0.3) is 0 Å². The van der Waals surface area contributed by atoms with Crippen LogP contribution in [0.1, 0.15) is 31.2 Å². The van der Waals surface area contributed by atoms with E-state index in [2.05, 4.69) is 12.2 Å². The average molecular weight is 277 g/mol. The second kappa shape index (κ2) is 5.32. The maximum atomic E-state index is 11.6. The van der Waals surface area contributed by atoms with Crippen LogP contribution in [0.4, 0.5) is 0 Å². The van der Waals surface area contributed by atoms with Crippen LogP contribution in [-0.2, 0) is 4.79 Å². The molecule has 0 aromatic heterocycles. The number of hydrogen-bond donors (Lipinski definition) is 2. The first kappa shape index (κ1) is 13.2. The maximum absolute atomic E-state index is 11.6. The van der Waals surface area contributed by atoms with Crippen molar-refractivity contribution in [3.05, 3.63) is 23.8 Å². The number of benzene rings is 1. The van der Waals surface area contributed by atoms with Crippen LogP contribution in [0.2, 0.25) is 0 Å². The standard InChI is InChI=1S/C15H19NO4/c1-2-3-11-14(15(17)18)10(7-16-11)9-4-5-12-13(6-9)20-8-19-12/h4-6,10-11,14,16H,2-3,7-8H2,1H3,(H,17,18)/t10-,11-,14+/m1/s1. The maximum Gasteiger partial charge on any atom is 0.308 e.